The molecule has 1 heterocycles. The molecule has 0 aliphatic rings. The molecule has 3 rings (SSSR count). The van der Waals surface area contributed by atoms with Crippen molar-refractivity contribution in [2.75, 3.05) is 0 Å². The van der Waals surface area contributed by atoms with Crippen molar-refractivity contribution in [2.24, 2.45) is 11.8 Å². The van der Waals surface area contributed by atoms with E-state index in [0.717, 1.165) is 22.0 Å². The van der Waals surface area contributed by atoms with Crippen molar-refractivity contribution in [3.8, 4) is 0 Å². The number of aliphatic carboxylic acids is 1. The van der Waals surface area contributed by atoms with Gasteiger partial charge in [-0.15, -0.1) is 0 Å². The van der Waals surface area contributed by atoms with Crippen LogP contribution in [0.4, 0.5) is 4.79 Å². The molecule has 7 heteroatoms. The Labute approximate surface area is 206 Å². The monoisotopic (exact) mass is 477 g/mol. The van der Waals surface area contributed by atoms with Crippen molar-refractivity contribution in [1.29, 1.82) is 0 Å². The largest absolute Gasteiger partial charge is 0.481 e. The number of carbonyl (C=O) groups excluding carboxylic acids is 2. The molecule has 0 radical (unpaired) electrons. The minimum absolute atomic E-state index is 0.154. The fourth-order valence-electron chi connectivity index (χ4n) is 4.47. The third-order valence-corrected chi connectivity index (χ3v) is 6.12. The summed E-state index contributed by atoms with van der Waals surface area (Å²) in [6.07, 6.45) is 2.67. The third kappa shape index (κ3) is 6.94. The molecule has 0 aliphatic heterocycles. The molecule has 0 saturated heterocycles. The Hall–Kier alpha value is -3.61. The average Bonchev–Trinajstić information content (AvgIpc) is 3.17. The van der Waals surface area contributed by atoms with Gasteiger partial charge >= 0.3 is 12.0 Å². The quantitative estimate of drug-likeness (QED) is 0.376. The van der Waals surface area contributed by atoms with Crippen LogP contribution in [-0.4, -0.2) is 33.6 Å². The predicted molar refractivity (Wildman–Crippen MR) is 137 cm³/mol. The second-order valence-corrected chi connectivity index (χ2v) is 9.66. The van der Waals surface area contributed by atoms with E-state index in [1.165, 1.54) is 0 Å². The summed E-state index contributed by atoms with van der Waals surface area (Å²) in [6.45, 7) is 7.80. The Morgan fingerprint density at radius 3 is 2.23 bits per heavy atom. The molecule has 186 valence electrons. The van der Waals surface area contributed by atoms with Crippen LogP contribution < -0.4 is 10.6 Å². The average molecular weight is 478 g/mol. The van der Waals surface area contributed by atoms with Gasteiger partial charge in [0, 0.05) is 23.5 Å². The van der Waals surface area contributed by atoms with E-state index in [9.17, 15) is 19.5 Å². The van der Waals surface area contributed by atoms with Gasteiger partial charge in [0.1, 0.15) is 0 Å². The number of amides is 2. The molecular formula is C28H35N3O4. The molecule has 2 aromatic carbocycles. The van der Waals surface area contributed by atoms with Crippen LogP contribution in [0.5, 0.6) is 0 Å². The predicted octanol–water partition coefficient (Wildman–Crippen LogP) is 5.14. The van der Waals surface area contributed by atoms with E-state index < -0.39 is 11.9 Å². The first-order valence-corrected chi connectivity index (χ1v) is 12.1. The molecule has 1 aromatic heterocycles. The fraction of sp³-hybridized carbons (Fsp3) is 0.393. The number of fused-ring (bicyclic) bond motifs is 1. The zero-order valence-electron chi connectivity index (χ0n) is 20.8. The van der Waals surface area contributed by atoms with E-state index >= 15 is 0 Å². The van der Waals surface area contributed by atoms with E-state index in [4.69, 9.17) is 0 Å². The molecule has 35 heavy (non-hydrogen) atoms. The van der Waals surface area contributed by atoms with Gasteiger partial charge in [-0.1, -0.05) is 62.4 Å². The molecule has 7 nitrogen and oxygen atoms in total. The van der Waals surface area contributed by atoms with Gasteiger partial charge in [0.15, 0.2) is 0 Å². The Balaban J connectivity index is 1.75. The summed E-state index contributed by atoms with van der Waals surface area (Å²) in [5.41, 5.74) is 2.75. The van der Waals surface area contributed by atoms with Crippen molar-refractivity contribution in [2.45, 2.75) is 59.0 Å². The van der Waals surface area contributed by atoms with Crippen LogP contribution in [0.1, 0.15) is 57.7 Å². The van der Waals surface area contributed by atoms with Crippen molar-refractivity contribution in [1.82, 2.24) is 15.2 Å². The molecule has 0 saturated carbocycles. The van der Waals surface area contributed by atoms with Gasteiger partial charge in [0.2, 0.25) is 5.91 Å². The Kier molecular flexibility index (Phi) is 8.68. The number of para-hydroxylation sites is 1. The van der Waals surface area contributed by atoms with Gasteiger partial charge in [-0.25, -0.2) is 4.79 Å². The van der Waals surface area contributed by atoms with Crippen molar-refractivity contribution in [3.05, 3.63) is 71.9 Å². The second-order valence-electron chi connectivity index (χ2n) is 9.66. The Morgan fingerprint density at radius 2 is 1.57 bits per heavy atom. The lowest BCUT2D eigenvalue weighted by Crippen LogP contribution is -2.39. The number of carboxylic acids is 1. The minimum Gasteiger partial charge on any atom is -0.481 e. The standard InChI is InChI=1S/C28H35N3O4/c1-18(2)14-22(16-26(32)33)27(34)29-19(3)15-23-17-31(25-13-9-8-12-24(23)25)28(35)30-20(4)21-10-6-5-7-11-21/h5-13,17-20,22H,14-16H2,1-4H3,(H,29,34)(H,30,35)(H,32,33)/t19?,20-,22+/m0/s1. The van der Waals surface area contributed by atoms with Gasteiger partial charge in [-0.2, -0.15) is 0 Å². The number of hydrogen-bond donors (Lipinski definition) is 3. The van der Waals surface area contributed by atoms with Crippen molar-refractivity contribution in [3.63, 3.8) is 0 Å². The molecule has 0 fully saturated rings. The van der Waals surface area contributed by atoms with E-state index in [-0.39, 0.29) is 36.4 Å². The SMILES string of the molecule is CC(C)C[C@H](CC(=O)O)C(=O)NC(C)Cc1cn(C(=O)N[C@@H](C)c2ccccc2)c2ccccc12. The van der Waals surface area contributed by atoms with Gasteiger partial charge in [-0.3, -0.25) is 14.2 Å². The summed E-state index contributed by atoms with van der Waals surface area (Å²) >= 11 is 0. The van der Waals surface area contributed by atoms with Gasteiger partial charge in [-0.05, 0) is 49.8 Å². The van der Waals surface area contributed by atoms with E-state index in [0.29, 0.717) is 12.8 Å². The van der Waals surface area contributed by atoms with Crippen LogP contribution >= 0.6 is 0 Å². The van der Waals surface area contributed by atoms with Crippen LogP contribution in [0.2, 0.25) is 0 Å². The maximum Gasteiger partial charge on any atom is 0.326 e. The van der Waals surface area contributed by atoms with Crippen LogP contribution in [-0.2, 0) is 16.0 Å². The summed E-state index contributed by atoms with van der Waals surface area (Å²) in [5, 5.41) is 16.2. The van der Waals surface area contributed by atoms with Gasteiger partial charge in [0.25, 0.3) is 0 Å². The number of rotatable bonds is 10. The van der Waals surface area contributed by atoms with Gasteiger partial charge in [0.05, 0.1) is 18.0 Å². The number of nitrogens with zero attached hydrogens (tertiary/aromatic N) is 1. The molecule has 0 bridgehead atoms. The topological polar surface area (TPSA) is 100 Å². The van der Waals surface area contributed by atoms with Crippen molar-refractivity contribution >= 4 is 28.8 Å². The second kappa shape index (κ2) is 11.7. The first kappa shape index (κ1) is 26.0. The highest BCUT2D eigenvalue weighted by Crippen LogP contribution is 2.24. The molecule has 3 atom stereocenters. The number of benzene rings is 2. The molecule has 3 N–H and O–H groups in total. The molecule has 0 aliphatic carbocycles. The highest BCUT2D eigenvalue weighted by atomic mass is 16.4. The van der Waals surface area contributed by atoms with E-state index in [1.807, 2.05) is 88.5 Å². The lowest BCUT2D eigenvalue weighted by molar-refractivity contribution is -0.141. The number of hydrogen-bond acceptors (Lipinski definition) is 3. The first-order chi connectivity index (χ1) is 16.7. The number of nitrogens with one attached hydrogen (secondary N) is 2. The highest BCUT2D eigenvalue weighted by molar-refractivity contribution is 5.94. The van der Waals surface area contributed by atoms with Crippen LogP contribution in [0, 0.1) is 11.8 Å². The van der Waals surface area contributed by atoms with Gasteiger partial charge < -0.3 is 15.7 Å². The molecule has 3 aromatic rings. The summed E-state index contributed by atoms with van der Waals surface area (Å²) in [7, 11) is 0. The highest BCUT2D eigenvalue weighted by Gasteiger charge is 2.25. The number of carbonyl (C=O) groups is 3. The summed E-state index contributed by atoms with van der Waals surface area (Å²) < 4.78 is 1.62. The fourth-order valence-corrected chi connectivity index (χ4v) is 4.47. The third-order valence-electron chi connectivity index (χ3n) is 6.12. The minimum atomic E-state index is -0.975. The van der Waals surface area contributed by atoms with Crippen LogP contribution in [0.25, 0.3) is 10.9 Å². The maximum absolute atomic E-state index is 13.1. The summed E-state index contributed by atoms with van der Waals surface area (Å²) in [6, 6.07) is 16.9. The van der Waals surface area contributed by atoms with Crippen molar-refractivity contribution < 1.29 is 19.5 Å². The molecule has 2 amide bonds. The first-order valence-electron chi connectivity index (χ1n) is 12.1. The summed E-state index contributed by atoms with van der Waals surface area (Å²) in [4.78, 5) is 37.2. The molecule has 0 spiro atoms. The van der Waals surface area contributed by atoms with E-state index in [1.54, 1.807) is 4.57 Å². The van der Waals surface area contributed by atoms with Crippen LogP contribution in [0.15, 0.2) is 60.8 Å². The number of carboxylic acid groups (broad SMARTS) is 1. The maximum atomic E-state index is 13.1. The zero-order valence-corrected chi connectivity index (χ0v) is 20.8. The smallest absolute Gasteiger partial charge is 0.326 e. The Morgan fingerprint density at radius 1 is 0.914 bits per heavy atom. The summed E-state index contributed by atoms with van der Waals surface area (Å²) in [5.74, 6) is -1.57. The lowest BCUT2D eigenvalue weighted by Gasteiger charge is -2.20. The zero-order chi connectivity index (χ0) is 25.5. The normalized spacial score (nSPS) is 13.9. The number of aromatic nitrogens is 1. The van der Waals surface area contributed by atoms with Crippen LogP contribution in [0.3, 0.4) is 0 Å². The lowest BCUT2D eigenvalue weighted by atomic mass is 9.93. The molecule has 1 unspecified atom stereocenters. The molecular weight excluding hydrogens is 442 g/mol. The Bertz CT molecular complexity index is 1170. The van der Waals surface area contributed by atoms with E-state index in [2.05, 4.69) is 10.6 Å².